The van der Waals surface area contributed by atoms with Gasteiger partial charge in [0.2, 0.25) is 0 Å². The lowest BCUT2D eigenvalue weighted by Crippen LogP contribution is -2.18. The summed E-state index contributed by atoms with van der Waals surface area (Å²) in [6.07, 6.45) is 2.74. The predicted octanol–water partition coefficient (Wildman–Crippen LogP) is 2.57. The van der Waals surface area contributed by atoms with Crippen LogP contribution in [0.1, 0.15) is 25.3 Å². The van der Waals surface area contributed by atoms with Gasteiger partial charge >= 0.3 is 0 Å². The third-order valence-electron chi connectivity index (χ3n) is 2.68. The highest BCUT2D eigenvalue weighted by atomic mass is 15.1. The maximum atomic E-state index is 8.70. The van der Waals surface area contributed by atoms with Gasteiger partial charge < -0.3 is 10.6 Å². The highest BCUT2D eigenvalue weighted by Crippen LogP contribution is 2.21. The first kappa shape index (κ1) is 12.4. The molecule has 0 spiro atoms. The number of hydrogen-bond donors (Lipinski definition) is 1. The fourth-order valence-corrected chi connectivity index (χ4v) is 1.59. The minimum Gasteiger partial charge on any atom is -0.398 e. The maximum absolute atomic E-state index is 8.70. The van der Waals surface area contributed by atoms with Crippen LogP contribution in [0.15, 0.2) is 18.2 Å². The first-order valence-corrected chi connectivity index (χ1v) is 5.65. The number of hydrogen-bond acceptors (Lipinski definition) is 3. The molecular weight excluding hydrogens is 198 g/mol. The number of unbranched alkanes of at least 4 members (excludes halogenated alkanes) is 1. The molecule has 0 aromatic heterocycles. The largest absolute Gasteiger partial charge is 0.398 e. The van der Waals surface area contributed by atoms with Crippen molar-refractivity contribution in [3.8, 4) is 6.07 Å². The number of nitriles is 1. The van der Waals surface area contributed by atoms with Crippen molar-refractivity contribution in [2.24, 2.45) is 0 Å². The summed E-state index contributed by atoms with van der Waals surface area (Å²) in [5.74, 6) is 0. The van der Waals surface area contributed by atoms with E-state index in [0.717, 1.165) is 17.8 Å². The van der Waals surface area contributed by atoms with E-state index in [1.807, 2.05) is 18.2 Å². The van der Waals surface area contributed by atoms with Crippen LogP contribution in [0.2, 0.25) is 0 Å². The van der Waals surface area contributed by atoms with Crippen molar-refractivity contribution in [2.75, 3.05) is 24.2 Å². The molecule has 0 amide bonds. The van der Waals surface area contributed by atoms with E-state index in [2.05, 4.69) is 24.9 Å². The second-order valence-electron chi connectivity index (χ2n) is 3.99. The van der Waals surface area contributed by atoms with Gasteiger partial charge in [-0.2, -0.15) is 5.26 Å². The quantitative estimate of drug-likeness (QED) is 0.771. The van der Waals surface area contributed by atoms with Gasteiger partial charge in [0, 0.05) is 25.0 Å². The molecule has 3 heteroatoms. The molecule has 16 heavy (non-hydrogen) atoms. The summed E-state index contributed by atoms with van der Waals surface area (Å²) in [4.78, 5) is 2.20. The van der Waals surface area contributed by atoms with Crippen molar-refractivity contribution >= 4 is 11.4 Å². The van der Waals surface area contributed by atoms with Crippen LogP contribution in [0.5, 0.6) is 0 Å². The van der Waals surface area contributed by atoms with E-state index in [4.69, 9.17) is 11.0 Å². The Balaban J connectivity index is 2.81. The minimum atomic E-state index is 0.376. The summed E-state index contributed by atoms with van der Waals surface area (Å²) in [5.41, 5.74) is 8.56. The Labute approximate surface area is 97.5 Å². The molecule has 0 bridgehead atoms. The van der Waals surface area contributed by atoms with Crippen LogP contribution in [0.3, 0.4) is 0 Å². The molecule has 0 saturated heterocycles. The van der Waals surface area contributed by atoms with Gasteiger partial charge in [-0.25, -0.2) is 0 Å². The SMILES string of the molecule is CCCCN(C)c1ccc(N)c(CC#N)c1. The van der Waals surface area contributed by atoms with E-state index < -0.39 is 0 Å². The van der Waals surface area contributed by atoms with Crippen LogP contribution in [-0.4, -0.2) is 13.6 Å². The van der Waals surface area contributed by atoms with Gasteiger partial charge in [0.05, 0.1) is 12.5 Å². The highest BCUT2D eigenvalue weighted by molar-refractivity contribution is 5.58. The second kappa shape index (κ2) is 6.02. The molecular formula is C13H19N3. The predicted molar refractivity (Wildman–Crippen MR) is 68.3 cm³/mol. The number of anilines is 2. The Bertz CT molecular complexity index is 379. The summed E-state index contributed by atoms with van der Waals surface area (Å²) in [6, 6.07) is 8.03. The van der Waals surface area contributed by atoms with Crippen LogP contribution in [-0.2, 0) is 6.42 Å². The first-order chi connectivity index (χ1) is 7.69. The van der Waals surface area contributed by atoms with Crippen molar-refractivity contribution < 1.29 is 0 Å². The normalized spacial score (nSPS) is 9.81. The lowest BCUT2D eigenvalue weighted by atomic mass is 10.1. The van der Waals surface area contributed by atoms with Gasteiger partial charge in [-0.3, -0.25) is 0 Å². The third-order valence-corrected chi connectivity index (χ3v) is 2.68. The van der Waals surface area contributed by atoms with Crippen LogP contribution < -0.4 is 10.6 Å². The van der Waals surface area contributed by atoms with Crippen molar-refractivity contribution in [1.82, 2.24) is 0 Å². The zero-order valence-electron chi connectivity index (χ0n) is 10.0. The lowest BCUT2D eigenvalue weighted by molar-refractivity contribution is 0.766. The maximum Gasteiger partial charge on any atom is 0.0670 e. The highest BCUT2D eigenvalue weighted by Gasteiger charge is 2.04. The Morgan fingerprint density at radius 2 is 2.19 bits per heavy atom. The Morgan fingerprint density at radius 1 is 1.44 bits per heavy atom. The summed E-state index contributed by atoms with van der Waals surface area (Å²) < 4.78 is 0. The number of nitrogen functional groups attached to an aromatic ring is 1. The van der Waals surface area contributed by atoms with Gasteiger partial charge in [0.1, 0.15) is 0 Å². The molecule has 0 aliphatic heterocycles. The molecule has 0 heterocycles. The van der Waals surface area contributed by atoms with E-state index in [0.29, 0.717) is 12.1 Å². The lowest BCUT2D eigenvalue weighted by Gasteiger charge is -2.20. The molecule has 0 saturated carbocycles. The Hall–Kier alpha value is -1.69. The summed E-state index contributed by atoms with van der Waals surface area (Å²) in [5, 5.41) is 8.70. The minimum absolute atomic E-state index is 0.376. The smallest absolute Gasteiger partial charge is 0.0670 e. The molecule has 0 aliphatic rings. The van der Waals surface area contributed by atoms with E-state index in [1.165, 1.54) is 12.8 Å². The van der Waals surface area contributed by atoms with Crippen molar-refractivity contribution in [3.63, 3.8) is 0 Å². The summed E-state index contributed by atoms with van der Waals surface area (Å²) in [6.45, 7) is 3.21. The van der Waals surface area contributed by atoms with Crippen LogP contribution in [0.4, 0.5) is 11.4 Å². The molecule has 0 atom stereocenters. The molecule has 86 valence electrons. The van der Waals surface area contributed by atoms with E-state index in [1.54, 1.807) is 0 Å². The first-order valence-electron chi connectivity index (χ1n) is 5.65. The molecule has 2 N–H and O–H groups in total. The van der Waals surface area contributed by atoms with Crippen molar-refractivity contribution in [3.05, 3.63) is 23.8 Å². The zero-order valence-corrected chi connectivity index (χ0v) is 10.0. The molecule has 0 unspecified atom stereocenters. The van der Waals surface area contributed by atoms with Crippen LogP contribution in [0, 0.1) is 11.3 Å². The number of nitrogens with zero attached hydrogens (tertiary/aromatic N) is 2. The van der Waals surface area contributed by atoms with Gasteiger partial charge in [-0.1, -0.05) is 13.3 Å². The average Bonchev–Trinajstić information content (AvgIpc) is 2.29. The molecule has 0 aliphatic carbocycles. The molecule has 3 nitrogen and oxygen atoms in total. The van der Waals surface area contributed by atoms with Crippen molar-refractivity contribution in [1.29, 1.82) is 5.26 Å². The second-order valence-corrected chi connectivity index (χ2v) is 3.99. The van der Waals surface area contributed by atoms with Crippen LogP contribution >= 0.6 is 0 Å². The number of rotatable bonds is 5. The molecule has 0 radical (unpaired) electrons. The molecule has 1 rings (SSSR count). The van der Waals surface area contributed by atoms with E-state index in [-0.39, 0.29) is 0 Å². The number of benzene rings is 1. The topological polar surface area (TPSA) is 53.0 Å². The zero-order chi connectivity index (χ0) is 12.0. The Kier molecular flexibility index (Phi) is 4.65. The Morgan fingerprint density at radius 3 is 2.81 bits per heavy atom. The van der Waals surface area contributed by atoms with E-state index >= 15 is 0 Å². The van der Waals surface area contributed by atoms with Crippen LogP contribution in [0.25, 0.3) is 0 Å². The van der Waals surface area contributed by atoms with Crippen molar-refractivity contribution in [2.45, 2.75) is 26.2 Å². The fourth-order valence-electron chi connectivity index (χ4n) is 1.59. The van der Waals surface area contributed by atoms with E-state index in [9.17, 15) is 0 Å². The summed E-state index contributed by atoms with van der Waals surface area (Å²) >= 11 is 0. The average molecular weight is 217 g/mol. The van der Waals surface area contributed by atoms with Gasteiger partial charge in [-0.15, -0.1) is 0 Å². The standard InChI is InChI=1S/C13H19N3/c1-3-4-9-16(2)12-5-6-13(15)11(10-12)7-8-14/h5-6,10H,3-4,7,9,15H2,1-2H3. The van der Waals surface area contributed by atoms with Gasteiger partial charge in [0.15, 0.2) is 0 Å². The summed E-state index contributed by atoms with van der Waals surface area (Å²) in [7, 11) is 2.07. The number of nitrogens with two attached hydrogens (primary N) is 1. The molecule has 1 aromatic carbocycles. The monoisotopic (exact) mass is 217 g/mol. The third kappa shape index (κ3) is 3.16. The van der Waals surface area contributed by atoms with Gasteiger partial charge in [-0.05, 0) is 30.2 Å². The molecule has 1 aromatic rings. The molecule has 0 fully saturated rings. The van der Waals surface area contributed by atoms with Gasteiger partial charge in [0.25, 0.3) is 0 Å². The fraction of sp³-hybridized carbons (Fsp3) is 0.462.